The average molecular weight is 527 g/mol. The topological polar surface area (TPSA) is 119 Å². The molecule has 1 unspecified atom stereocenters. The van der Waals surface area contributed by atoms with Crippen molar-refractivity contribution >= 4 is 43.1 Å². The lowest BCUT2D eigenvalue weighted by molar-refractivity contribution is 0.0600. The third kappa shape index (κ3) is 5.25. The van der Waals surface area contributed by atoms with Gasteiger partial charge in [0.25, 0.3) is 10.0 Å². The van der Waals surface area contributed by atoms with Crippen LogP contribution in [0.1, 0.15) is 65.5 Å². The second-order valence-corrected chi connectivity index (χ2v) is 12.8. The van der Waals surface area contributed by atoms with Crippen LogP contribution >= 0.6 is 11.6 Å². The largest absolute Gasteiger partial charge is 0.465 e. The number of hydrogen-bond donors (Lipinski definition) is 2. The second kappa shape index (κ2) is 9.49. The molecule has 1 atom stereocenters. The number of anilines is 1. The van der Waals surface area contributed by atoms with Gasteiger partial charge in [0.05, 0.1) is 33.2 Å². The minimum Gasteiger partial charge on any atom is -0.465 e. The molecular formula is C23H27ClN2O6S2. The number of benzene rings is 2. The zero-order valence-electron chi connectivity index (χ0n) is 18.9. The van der Waals surface area contributed by atoms with Crippen LogP contribution in [0.5, 0.6) is 0 Å². The number of rotatable bonds is 7. The van der Waals surface area contributed by atoms with Crippen molar-refractivity contribution in [2.24, 2.45) is 0 Å². The Bertz CT molecular complexity index is 1330. The molecule has 2 N–H and O–H groups in total. The van der Waals surface area contributed by atoms with Gasteiger partial charge in [-0.2, -0.15) is 0 Å². The number of hydrogen-bond acceptors (Lipinski definition) is 7. The number of ether oxygens (including phenoxy) is 1. The van der Waals surface area contributed by atoms with Crippen molar-refractivity contribution in [3.63, 3.8) is 0 Å². The molecule has 2 fully saturated rings. The quantitative estimate of drug-likeness (QED) is 0.523. The van der Waals surface area contributed by atoms with E-state index in [1.54, 1.807) is 12.1 Å². The van der Waals surface area contributed by atoms with Crippen LogP contribution in [0.3, 0.4) is 0 Å². The number of sulfonamides is 1. The third-order valence-electron chi connectivity index (χ3n) is 6.17. The number of esters is 1. The molecule has 184 valence electrons. The molecule has 8 nitrogen and oxygen atoms in total. The Balaban J connectivity index is 1.83. The lowest BCUT2D eigenvalue weighted by Gasteiger charge is -2.27. The minimum atomic E-state index is -4.17. The summed E-state index contributed by atoms with van der Waals surface area (Å²) in [5.74, 6) is -0.550. The predicted octanol–water partition coefficient (Wildman–Crippen LogP) is 4.02. The first-order valence-electron chi connectivity index (χ1n) is 11.0. The molecule has 4 rings (SSSR count). The fourth-order valence-corrected chi connectivity index (χ4v) is 7.03. The smallest absolute Gasteiger partial charge is 0.337 e. The highest BCUT2D eigenvalue weighted by molar-refractivity contribution is 7.92. The van der Waals surface area contributed by atoms with Gasteiger partial charge in [-0.3, -0.25) is 4.72 Å². The van der Waals surface area contributed by atoms with Crippen molar-refractivity contribution in [3.8, 4) is 0 Å². The summed E-state index contributed by atoms with van der Waals surface area (Å²) in [6.07, 6.45) is 5.44. The van der Waals surface area contributed by atoms with Gasteiger partial charge in [0, 0.05) is 12.3 Å². The molecule has 0 amide bonds. The molecule has 1 aliphatic heterocycles. The van der Waals surface area contributed by atoms with E-state index in [0.29, 0.717) is 11.1 Å². The highest BCUT2D eigenvalue weighted by Gasteiger charge is 2.32. The van der Waals surface area contributed by atoms with E-state index in [1.165, 1.54) is 25.3 Å². The molecular weight excluding hydrogens is 500 g/mol. The molecule has 11 heteroatoms. The summed E-state index contributed by atoms with van der Waals surface area (Å²) < 4.78 is 59.2. The number of halogens is 1. The summed E-state index contributed by atoms with van der Waals surface area (Å²) in [4.78, 5) is 11.9. The standard InChI is InChI=1S/C23H27ClN2O6S2/c1-32-23(27)15-8-9-16(14-6-7-14)21(11-15)34(30,31)26-20-13-22(33(2,28)29)18(24)12-17(20)19-5-3-4-10-25-19/h8-9,11-14,19,25-26H,3-7,10H2,1-2H3. The van der Waals surface area contributed by atoms with Crippen LogP contribution in [-0.4, -0.2) is 42.7 Å². The first-order valence-corrected chi connectivity index (χ1v) is 14.8. The van der Waals surface area contributed by atoms with E-state index in [9.17, 15) is 21.6 Å². The van der Waals surface area contributed by atoms with Gasteiger partial charge < -0.3 is 10.1 Å². The zero-order valence-corrected chi connectivity index (χ0v) is 21.3. The van der Waals surface area contributed by atoms with Gasteiger partial charge in [-0.1, -0.05) is 24.1 Å². The summed E-state index contributed by atoms with van der Waals surface area (Å²) in [7, 11) is -6.65. The number of carbonyl (C=O) groups is 1. The number of sulfone groups is 1. The van der Waals surface area contributed by atoms with Crippen molar-refractivity contribution in [1.29, 1.82) is 0 Å². The number of methoxy groups -OCH3 is 1. The fraction of sp³-hybridized carbons (Fsp3) is 0.435. The van der Waals surface area contributed by atoms with Crippen LogP contribution in [0.15, 0.2) is 40.1 Å². The Hall–Kier alpha value is -2.14. The van der Waals surface area contributed by atoms with Crippen LogP contribution in [0, 0.1) is 0 Å². The Labute approximate surface area is 205 Å². The Morgan fingerprint density at radius 2 is 1.76 bits per heavy atom. The van der Waals surface area contributed by atoms with Gasteiger partial charge in [0.1, 0.15) is 0 Å². The van der Waals surface area contributed by atoms with Crippen molar-refractivity contribution in [2.45, 2.75) is 53.9 Å². The van der Waals surface area contributed by atoms with E-state index in [2.05, 4.69) is 10.0 Å². The van der Waals surface area contributed by atoms with Crippen molar-refractivity contribution < 1.29 is 26.4 Å². The van der Waals surface area contributed by atoms with E-state index in [0.717, 1.165) is 44.9 Å². The van der Waals surface area contributed by atoms with Gasteiger partial charge in [0.2, 0.25) is 0 Å². The van der Waals surface area contributed by atoms with E-state index in [-0.39, 0.29) is 38.0 Å². The Morgan fingerprint density at radius 1 is 1.03 bits per heavy atom. The minimum absolute atomic E-state index is 0.0173. The van der Waals surface area contributed by atoms with Crippen molar-refractivity contribution in [1.82, 2.24) is 5.32 Å². The third-order valence-corrected chi connectivity index (χ3v) is 9.16. The normalized spacial score (nSPS) is 19.0. The lowest BCUT2D eigenvalue weighted by Crippen LogP contribution is -2.28. The number of carbonyl (C=O) groups excluding carboxylic acids is 1. The monoisotopic (exact) mass is 526 g/mol. The summed E-state index contributed by atoms with van der Waals surface area (Å²) in [5.41, 5.74) is 1.47. The number of piperidine rings is 1. The predicted molar refractivity (Wildman–Crippen MR) is 130 cm³/mol. The van der Waals surface area contributed by atoms with Crippen LogP contribution in [0.2, 0.25) is 5.02 Å². The fourth-order valence-electron chi connectivity index (χ4n) is 4.29. The molecule has 0 bridgehead atoms. The highest BCUT2D eigenvalue weighted by Crippen LogP contribution is 2.44. The average Bonchev–Trinajstić information content (AvgIpc) is 3.64. The van der Waals surface area contributed by atoms with Crippen LogP contribution in [0.4, 0.5) is 5.69 Å². The molecule has 1 heterocycles. The summed E-state index contributed by atoms with van der Waals surface area (Å²) in [5, 5.41) is 3.39. The molecule has 34 heavy (non-hydrogen) atoms. The van der Waals surface area contributed by atoms with Crippen LogP contribution in [-0.2, 0) is 24.6 Å². The van der Waals surface area contributed by atoms with Gasteiger partial charge in [-0.05, 0) is 73.5 Å². The molecule has 1 saturated carbocycles. The summed E-state index contributed by atoms with van der Waals surface area (Å²) >= 11 is 6.30. The molecule has 1 saturated heterocycles. The van der Waals surface area contributed by atoms with Crippen molar-refractivity contribution in [2.75, 3.05) is 24.6 Å². The molecule has 2 aliphatic rings. The molecule has 2 aromatic carbocycles. The summed E-state index contributed by atoms with van der Waals surface area (Å²) in [6.45, 7) is 0.759. The number of nitrogens with one attached hydrogen (secondary N) is 2. The lowest BCUT2D eigenvalue weighted by atomic mass is 9.96. The summed E-state index contributed by atoms with van der Waals surface area (Å²) in [6, 6.07) is 7.13. The molecule has 1 aliphatic carbocycles. The maximum absolute atomic E-state index is 13.6. The maximum Gasteiger partial charge on any atom is 0.337 e. The van der Waals surface area contributed by atoms with Gasteiger partial charge >= 0.3 is 5.97 Å². The second-order valence-electron chi connectivity index (χ2n) is 8.77. The Morgan fingerprint density at radius 3 is 2.35 bits per heavy atom. The Kier molecular flexibility index (Phi) is 6.97. The SMILES string of the molecule is COC(=O)c1ccc(C2CC2)c(S(=O)(=O)Nc2cc(S(C)(=O)=O)c(Cl)cc2C2CCCCN2)c1. The molecule has 0 aromatic heterocycles. The van der Waals surface area contributed by atoms with Gasteiger partial charge in [-0.25, -0.2) is 21.6 Å². The van der Waals surface area contributed by atoms with Gasteiger partial charge in [0.15, 0.2) is 9.84 Å². The van der Waals surface area contributed by atoms with Gasteiger partial charge in [-0.15, -0.1) is 0 Å². The molecule has 0 spiro atoms. The van der Waals surface area contributed by atoms with E-state index < -0.39 is 25.8 Å². The van der Waals surface area contributed by atoms with E-state index in [4.69, 9.17) is 16.3 Å². The highest BCUT2D eigenvalue weighted by atomic mass is 35.5. The maximum atomic E-state index is 13.6. The van der Waals surface area contributed by atoms with Crippen molar-refractivity contribution in [3.05, 3.63) is 52.0 Å². The first-order chi connectivity index (χ1) is 16.0. The van der Waals surface area contributed by atoms with Crippen LogP contribution < -0.4 is 10.0 Å². The molecule has 0 radical (unpaired) electrons. The van der Waals surface area contributed by atoms with Crippen LogP contribution in [0.25, 0.3) is 0 Å². The zero-order chi connectivity index (χ0) is 24.7. The first kappa shape index (κ1) is 25.0. The molecule has 2 aromatic rings. The van der Waals surface area contributed by atoms with E-state index >= 15 is 0 Å². The van der Waals surface area contributed by atoms with E-state index in [1.807, 2.05) is 0 Å².